The Morgan fingerprint density at radius 2 is 2.28 bits per heavy atom. The molecular weight excluding hydrogens is 226 g/mol. The molecule has 0 fully saturated rings. The minimum atomic E-state index is -0.170. The van der Waals surface area contributed by atoms with E-state index in [0.29, 0.717) is 17.9 Å². The number of ether oxygens (including phenoxy) is 1. The number of esters is 1. The molecule has 0 spiro atoms. The van der Waals surface area contributed by atoms with Crippen molar-refractivity contribution in [2.24, 2.45) is 11.8 Å². The average molecular weight is 253 g/mol. The summed E-state index contributed by atoms with van der Waals surface area (Å²) < 4.78 is 4.96. The van der Waals surface area contributed by atoms with E-state index in [9.17, 15) is 4.79 Å². The minimum absolute atomic E-state index is 0.123. The van der Waals surface area contributed by atoms with Crippen LogP contribution >= 0.6 is 0 Å². The van der Waals surface area contributed by atoms with E-state index in [1.165, 1.54) is 12.7 Å². The summed E-state index contributed by atoms with van der Waals surface area (Å²) in [5.41, 5.74) is 1.39. The average Bonchev–Trinajstić information content (AvgIpc) is 2.33. The first-order valence-electron chi connectivity index (χ1n) is 6.99. The SMILES string of the molecule is CCC(C)NC(C(=O)OC)C1CC(C)=CC(C)C1. The van der Waals surface area contributed by atoms with Crippen LogP contribution in [0.15, 0.2) is 11.6 Å². The fourth-order valence-corrected chi connectivity index (χ4v) is 2.80. The summed E-state index contributed by atoms with van der Waals surface area (Å²) >= 11 is 0. The Morgan fingerprint density at radius 3 is 2.78 bits per heavy atom. The molecule has 18 heavy (non-hydrogen) atoms. The Labute approximate surface area is 111 Å². The third-order valence-electron chi connectivity index (χ3n) is 3.83. The van der Waals surface area contributed by atoms with Gasteiger partial charge in [0.1, 0.15) is 6.04 Å². The number of carbonyl (C=O) groups excluding carboxylic acids is 1. The van der Waals surface area contributed by atoms with Crippen molar-refractivity contribution in [3.05, 3.63) is 11.6 Å². The lowest BCUT2D eigenvalue weighted by molar-refractivity contribution is -0.145. The van der Waals surface area contributed by atoms with E-state index in [2.05, 4.69) is 39.1 Å². The Morgan fingerprint density at radius 1 is 1.61 bits per heavy atom. The number of nitrogens with one attached hydrogen (secondary N) is 1. The predicted molar refractivity (Wildman–Crippen MR) is 74.3 cm³/mol. The summed E-state index contributed by atoms with van der Waals surface area (Å²) in [6, 6.07) is 0.173. The van der Waals surface area contributed by atoms with Crippen LogP contribution in [0.2, 0.25) is 0 Å². The molecule has 0 aliphatic heterocycles. The number of carbonyl (C=O) groups is 1. The molecule has 0 aromatic carbocycles. The standard InChI is InChI=1S/C15H27NO2/c1-6-12(4)16-14(15(17)18-5)13-8-10(2)7-11(3)9-13/h7,10,12-14,16H,6,8-9H2,1-5H3. The van der Waals surface area contributed by atoms with Crippen LogP contribution < -0.4 is 5.32 Å². The summed E-state index contributed by atoms with van der Waals surface area (Å²) in [4.78, 5) is 12.0. The Kier molecular flexibility index (Phi) is 5.86. The van der Waals surface area contributed by atoms with Gasteiger partial charge in [-0.1, -0.05) is 25.5 Å². The van der Waals surface area contributed by atoms with Crippen LogP contribution in [0.25, 0.3) is 0 Å². The molecule has 1 rings (SSSR count). The molecule has 1 N–H and O–H groups in total. The van der Waals surface area contributed by atoms with Gasteiger partial charge in [0.15, 0.2) is 0 Å². The molecule has 1 aliphatic rings. The third-order valence-corrected chi connectivity index (χ3v) is 3.83. The highest BCUT2D eigenvalue weighted by atomic mass is 16.5. The quantitative estimate of drug-likeness (QED) is 0.605. The van der Waals surface area contributed by atoms with E-state index in [0.717, 1.165) is 19.3 Å². The zero-order chi connectivity index (χ0) is 13.7. The van der Waals surface area contributed by atoms with Gasteiger partial charge in [-0.3, -0.25) is 4.79 Å². The lowest BCUT2D eigenvalue weighted by atomic mass is 9.79. The van der Waals surface area contributed by atoms with E-state index in [1.54, 1.807) is 0 Å². The predicted octanol–water partition coefficient (Wildman–Crippen LogP) is 2.91. The molecule has 3 heteroatoms. The van der Waals surface area contributed by atoms with Gasteiger partial charge in [0, 0.05) is 6.04 Å². The van der Waals surface area contributed by atoms with Crippen molar-refractivity contribution in [2.75, 3.05) is 7.11 Å². The highest BCUT2D eigenvalue weighted by Crippen LogP contribution is 2.30. The van der Waals surface area contributed by atoms with Gasteiger partial charge in [0.2, 0.25) is 0 Å². The Balaban J connectivity index is 2.77. The van der Waals surface area contributed by atoms with E-state index < -0.39 is 0 Å². The smallest absolute Gasteiger partial charge is 0.323 e. The van der Waals surface area contributed by atoms with Crippen LogP contribution in [0.1, 0.15) is 47.0 Å². The van der Waals surface area contributed by atoms with Gasteiger partial charge in [0.05, 0.1) is 7.11 Å². The molecule has 0 amide bonds. The molecule has 4 atom stereocenters. The maximum Gasteiger partial charge on any atom is 0.323 e. The van der Waals surface area contributed by atoms with E-state index in [-0.39, 0.29) is 12.0 Å². The van der Waals surface area contributed by atoms with Crippen LogP contribution in [0.5, 0.6) is 0 Å². The molecule has 0 aromatic heterocycles. The number of allylic oxidation sites excluding steroid dienone is 2. The lowest BCUT2D eigenvalue weighted by Gasteiger charge is -2.33. The summed E-state index contributed by atoms with van der Waals surface area (Å²) in [5.74, 6) is 0.781. The molecule has 0 radical (unpaired) electrons. The highest BCUT2D eigenvalue weighted by Gasteiger charge is 2.32. The van der Waals surface area contributed by atoms with E-state index >= 15 is 0 Å². The van der Waals surface area contributed by atoms with Gasteiger partial charge in [0.25, 0.3) is 0 Å². The minimum Gasteiger partial charge on any atom is -0.468 e. The second-order valence-electron chi connectivity index (χ2n) is 5.67. The van der Waals surface area contributed by atoms with Gasteiger partial charge < -0.3 is 10.1 Å². The number of hydrogen-bond acceptors (Lipinski definition) is 3. The molecule has 0 aromatic rings. The van der Waals surface area contributed by atoms with Crippen LogP contribution in [0.4, 0.5) is 0 Å². The normalized spacial score (nSPS) is 27.3. The highest BCUT2D eigenvalue weighted by molar-refractivity contribution is 5.76. The summed E-state index contributed by atoms with van der Waals surface area (Å²) in [7, 11) is 1.47. The maximum atomic E-state index is 12.0. The van der Waals surface area contributed by atoms with E-state index in [4.69, 9.17) is 4.74 Å². The van der Waals surface area contributed by atoms with E-state index in [1.807, 2.05) is 0 Å². The van der Waals surface area contributed by atoms with Gasteiger partial charge >= 0.3 is 5.97 Å². The molecular formula is C15H27NO2. The van der Waals surface area contributed by atoms with Crippen molar-refractivity contribution in [1.29, 1.82) is 0 Å². The van der Waals surface area contributed by atoms with Gasteiger partial charge in [-0.15, -0.1) is 0 Å². The first-order valence-corrected chi connectivity index (χ1v) is 6.99. The molecule has 104 valence electrons. The number of rotatable bonds is 5. The number of methoxy groups -OCH3 is 1. The molecule has 0 bridgehead atoms. The Bertz CT molecular complexity index is 312. The van der Waals surface area contributed by atoms with Crippen molar-refractivity contribution < 1.29 is 9.53 Å². The van der Waals surface area contributed by atoms with Crippen molar-refractivity contribution in [2.45, 2.75) is 59.0 Å². The fraction of sp³-hybridized carbons (Fsp3) is 0.800. The van der Waals surface area contributed by atoms with Gasteiger partial charge in [-0.2, -0.15) is 0 Å². The summed E-state index contributed by atoms with van der Waals surface area (Å²) in [5, 5.41) is 3.43. The zero-order valence-electron chi connectivity index (χ0n) is 12.3. The number of hydrogen-bond donors (Lipinski definition) is 1. The topological polar surface area (TPSA) is 38.3 Å². The summed E-state index contributed by atoms with van der Waals surface area (Å²) in [6.45, 7) is 8.61. The molecule has 0 heterocycles. The Hall–Kier alpha value is -0.830. The molecule has 3 nitrogen and oxygen atoms in total. The molecule has 0 saturated heterocycles. The lowest BCUT2D eigenvalue weighted by Crippen LogP contribution is -2.48. The van der Waals surface area contributed by atoms with Gasteiger partial charge in [-0.25, -0.2) is 0 Å². The zero-order valence-corrected chi connectivity index (χ0v) is 12.3. The molecule has 4 unspecified atom stereocenters. The van der Waals surface area contributed by atoms with Crippen LogP contribution in [-0.4, -0.2) is 25.2 Å². The first kappa shape index (κ1) is 15.2. The van der Waals surface area contributed by atoms with Crippen LogP contribution in [0, 0.1) is 11.8 Å². The largest absolute Gasteiger partial charge is 0.468 e. The van der Waals surface area contributed by atoms with Crippen LogP contribution in [0.3, 0.4) is 0 Å². The second kappa shape index (κ2) is 6.93. The molecule has 0 saturated carbocycles. The van der Waals surface area contributed by atoms with Crippen molar-refractivity contribution in [1.82, 2.24) is 5.32 Å². The van der Waals surface area contributed by atoms with Gasteiger partial charge in [-0.05, 0) is 44.9 Å². The fourth-order valence-electron chi connectivity index (χ4n) is 2.80. The van der Waals surface area contributed by atoms with Crippen molar-refractivity contribution >= 4 is 5.97 Å². The molecule has 1 aliphatic carbocycles. The first-order chi connectivity index (χ1) is 8.47. The second-order valence-corrected chi connectivity index (χ2v) is 5.67. The van der Waals surface area contributed by atoms with Crippen molar-refractivity contribution in [3.63, 3.8) is 0 Å². The van der Waals surface area contributed by atoms with Crippen molar-refractivity contribution in [3.8, 4) is 0 Å². The van der Waals surface area contributed by atoms with Crippen LogP contribution in [-0.2, 0) is 9.53 Å². The monoisotopic (exact) mass is 253 g/mol. The third kappa shape index (κ3) is 4.13. The summed E-state index contributed by atoms with van der Waals surface area (Å²) in [6.07, 6.45) is 5.38. The maximum absolute atomic E-state index is 12.0.